The van der Waals surface area contributed by atoms with Crippen molar-refractivity contribution in [3.05, 3.63) is 12.7 Å². The Bertz CT molecular complexity index is 570. The van der Waals surface area contributed by atoms with Crippen molar-refractivity contribution in [3.63, 3.8) is 0 Å². The van der Waals surface area contributed by atoms with E-state index in [0.717, 1.165) is 32.2 Å². The van der Waals surface area contributed by atoms with Crippen molar-refractivity contribution < 1.29 is 9.18 Å². The second kappa shape index (κ2) is 7.07. The first-order valence-corrected chi connectivity index (χ1v) is 8.31. The molecule has 0 N–H and O–H groups in total. The minimum atomic E-state index is -1.05. The summed E-state index contributed by atoms with van der Waals surface area (Å²) < 4.78 is 15.2. The fourth-order valence-electron chi connectivity index (χ4n) is 3.85. The van der Waals surface area contributed by atoms with Gasteiger partial charge >= 0.3 is 0 Å². The molecule has 3 rings (SSSR count). The third-order valence-corrected chi connectivity index (χ3v) is 5.05. The molecule has 1 saturated carbocycles. The molecular weight excluding hydrogens is 297 g/mol. The lowest BCUT2D eigenvalue weighted by molar-refractivity contribution is -0.131. The number of likely N-dealkylation sites (tertiary alicyclic amines) is 1. The van der Waals surface area contributed by atoms with E-state index in [-0.39, 0.29) is 18.9 Å². The molecule has 1 aromatic rings. The quantitative estimate of drug-likeness (QED) is 0.831. The number of aromatic nitrogens is 3. The number of hydrogen-bond donors (Lipinski definition) is 0. The van der Waals surface area contributed by atoms with Crippen LogP contribution in [0.1, 0.15) is 38.5 Å². The standard InChI is InChI=1S/C16H22FN5O/c17-14-6-15(7-18)22(9-14)16(23)4-3-12-1-2-13(5-12)8-21-11-19-10-20-21/h10-15H,1-6,8-9H2/t12-,13-,14-,15-/m0/s1. The van der Waals surface area contributed by atoms with E-state index in [2.05, 4.69) is 10.1 Å². The van der Waals surface area contributed by atoms with Crippen LogP contribution in [0.2, 0.25) is 0 Å². The lowest BCUT2D eigenvalue weighted by Crippen LogP contribution is -2.35. The summed E-state index contributed by atoms with van der Waals surface area (Å²) >= 11 is 0. The Labute approximate surface area is 135 Å². The molecule has 0 bridgehead atoms. The van der Waals surface area contributed by atoms with E-state index in [0.29, 0.717) is 18.3 Å². The summed E-state index contributed by atoms with van der Waals surface area (Å²) in [5.41, 5.74) is 0. The maximum atomic E-state index is 13.4. The average molecular weight is 319 g/mol. The minimum absolute atomic E-state index is 0.0728. The van der Waals surface area contributed by atoms with Gasteiger partial charge in [0.2, 0.25) is 5.91 Å². The molecule has 23 heavy (non-hydrogen) atoms. The van der Waals surface area contributed by atoms with Crippen molar-refractivity contribution in [3.8, 4) is 6.07 Å². The van der Waals surface area contributed by atoms with Crippen LogP contribution in [0.25, 0.3) is 0 Å². The predicted molar refractivity (Wildman–Crippen MR) is 80.7 cm³/mol. The summed E-state index contributed by atoms with van der Waals surface area (Å²) in [5, 5.41) is 13.2. The summed E-state index contributed by atoms with van der Waals surface area (Å²) in [5.74, 6) is 1.05. The first-order valence-electron chi connectivity index (χ1n) is 8.31. The molecule has 7 heteroatoms. The zero-order chi connectivity index (χ0) is 16.2. The molecule has 124 valence electrons. The van der Waals surface area contributed by atoms with Crippen LogP contribution in [0.15, 0.2) is 12.7 Å². The Balaban J connectivity index is 1.42. The van der Waals surface area contributed by atoms with Gasteiger partial charge in [0.15, 0.2) is 0 Å². The number of alkyl halides is 1. The van der Waals surface area contributed by atoms with Crippen LogP contribution >= 0.6 is 0 Å². The van der Waals surface area contributed by atoms with Gasteiger partial charge in [-0.25, -0.2) is 9.37 Å². The number of nitrogens with zero attached hydrogens (tertiary/aromatic N) is 5. The summed E-state index contributed by atoms with van der Waals surface area (Å²) in [7, 11) is 0. The molecule has 0 unspecified atom stereocenters. The van der Waals surface area contributed by atoms with Gasteiger partial charge in [-0.1, -0.05) is 6.42 Å². The molecular formula is C16H22FN5O. The maximum absolute atomic E-state index is 13.4. The van der Waals surface area contributed by atoms with Crippen molar-refractivity contribution in [2.45, 2.75) is 57.3 Å². The Morgan fingerprint density at radius 1 is 1.35 bits per heavy atom. The second-order valence-electron chi connectivity index (χ2n) is 6.73. The predicted octanol–water partition coefficient (Wildman–Crippen LogP) is 1.94. The van der Waals surface area contributed by atoms with Crippen LogP contribution in [0.5, 0.6) is 0 Å². The first-order chi connectivity index (χ1) is 11.2. The normalized spacial score (nSPS) is 30.5. The summed E-state index contributed by atoms with van der Waals surface area (Å²) in [6.45, 7) is 0.966. The van der Waals surface area contributed by atoms with Gasteiger partial charge in [0.25, 0.3) is 0 Å². The number of carbonyl (C=O) groups is 1. The van der Waals surface area contributed by atoms with E-state index in [1.165, 1.54) is 4.90 Å². The Morgan fingerprint density at radius 2 is 2.17 bits per heavy atom. The molecule has 1 aliphatic carbocycles. The number of amides is 1. The molecule has 1 saturated heterocycles. The van der Waals surface area contributed by atoms with E-state index in [1.807, 2.05) is 10.8 Å². The van der Waals surface area contributed by atoms with Crippen LogP contribution in [-0.4, -0.2) is 44.3 Å². The van der Waals surface area contributed by atoms with Gasteiger partial charge in [-0.3, -0.25) is 9.48 Å². The van der Waals surface area contributed by atoms with Gasteiger partial charge in [-0.15, -0.1) is 0 Å². The highest BCUT2D eigenvalue weighted by molar-refractivity contribution is 5.77. The number of nitriles is 1. The molecule has 6 nitrogen and oxygen atoms in total. The van der Waals surface area contributed by atoms with Gasteiger partial charge in [-0.2, -0.15) is 10.4 Å². The van der Waals surface area contributed by atoms with Crippen molar-refractivity contribution in [1.82, 2.24) is 19.7 Å². The van der Waals surface area contributed by atoms with E-state index in [4.69, 9.17) is 5.26 Å². The highest BCUT2D eigenvalue weighted by atomic mass is 19.1. The molecule has 1 aromatic heterocycles. The van der Waals surface area contributed by atoms with Crippen molar-refractivity contribution in [2.24, 2.45) is 11.8 Å². The van der Waals surface area contributed by atoms with Crippen molar-refractivity contribution in [2.75, 3.05) is 6.54 Å². The average Bonchev–Trinajstić information content (AvgIpc) is 3.26. The van der Waals surface area contributed by atoms with Crippen LogP contribution in [0.4, 0.5) is 4.39 Å². The van der Waals surface area contributed by atoms with Gasteiger partial charge < -0.3 is 4.90 Å². The zero-order valence-corrected chi connectivity index (χ0v) is 13.1. The largest absolute Gasteiger partial charge is 0.324 e. The van der Waals surface area contributed by atoms with E-state index >= 15 is 0 Å². The van der Waals surface area contributed by atoms with Crippen LogP contribution < -0.4 is 0 Å². The highest BCUT2D eigenvalue weighted by Crippen LogP contribution is 2.35. The monoisotopic (exact) mass is 319 g/mol. The topological polar surface area (TPSA) is 74.8 Å². The molecule has 0 spiro atoms. The van der Waals surface area contributed by atoms with E-state index in [1.54, 1.807) is 12.7 Å². The van der Waals surface area contributed by atoms with E-state index < -0.39 is 12.2 Å². The Morgan fingerprint density at radius 3 is 2.91 bits per heavy atom. The van der Waals surface area contributed by atoms with Crippen molar-refractivity contribution in [1.29, 1.82) is 5.26 Å². The molecule has 2 heterocycles. The third kappa shape index (κ3) is 3.87. The lowest BCUT2D eigenvalue weighted by Gasteiger charge is -2.20. The summed E-state index contributed by atoms with van der Waals surface area (Å²) in [6, 6.07) is 1.45. The smallest absolute Gasteiger partial charge is 0.223 e. The second-order valence-corrected chi connectivity index (χ2v) is 6.73. The van der Waals surface area contributed by atoms with Gasteiger partial charge in [0, 0.05) is 19.4 Å². The highest BCUT2D eigenvalue weighted by Gasteiger charge is 2.35. The zero-order valence-electron chi connectivity index (χ0n) is 13.1. The maximum Gasteiger partial charge on any atom is 0.223 e. The van der Waals surface area contributed by atoms with Crippen LogP contribution in [0.3, 0.4) is 0 Å². The van der Waals surface area contributed by atoms with Crippen molar-refractivity contribution >= 4 is 5.91 Å². The molecule has 2 fully saturated rings. The number of hydrogen-bond acceptors (Lipinski definition) is 4. The SMILES string of the molecule is N#C[C@@H]1C[C@H](F)CN1C(=O)CC[C@@H]1CC[C@H](Cn2cncn2)C1. The van der Waals surface area contributed by atoms with Gasteiger partial charge in [-0.05, 0) is 31.1 Å². The molecule has 2 aliphatic rings. The summed E-state index contributed by atoms with van der Waals surface area (Å²) in [6.07, 6.45) is 7.01. The fraction of sp³-hybridized carbons (Fsp3) is 0.750. The number of carbonyl (C=O) groups excluding carboxylic acids is 1. The Hall–Kier alpha value is -1.97. The molecule has 0 radical (unpaired) electrons. The minimum Gasteiger partial charge on any atom is -0.324 e. The third-order valence-electron chi connectivity index (χ3n) is 5.05. The van der Waals surface area contributed by atoms with E-state index in [9.17, 15) is 9.18 Å². The van der Waals surface area contributed by atoms with Gasteiger partial charge in [0.1, 0.15) is 24.9 Å². The molecule has 4 atom stereocenters. The number of halogens is 1. The molecule has 0 aromatic carbocycles. The van der Waals surface area contributed by atoms with Crippen LogP contribution in [-0.2, 0) is 11.3 Å². The first kappa shape index (κ1) is 15.9. The summed E-state index contributed by atoms with van der Waals surface area (Å²) in [4.78, 5) is 17.6. The Kier molecular flexibility index (Phi) is 4.89. The molecule has 1 aliphatic heterocycles. The fourth-order valence-corrected chi connectivity index (χ4v) is 3.85. The van der Waals surface area contributed by atoms with Crippen LogP contribution in [0, 0.1) is 23.2 Å². The lowest BCUT2D eigenvalue weighted by atomic mass is 9.99. The van der Waals surface area contributed by atoms with Gasteiger partial charge in [0.05, 0.1) is 12.6 Å². The number of rotatable bonds is 5. The molecule has 1 amide bonds.